The number of nitrogens with two attached hydrogens (primary N) is 1. The number of halogens is 2. The van der Waals surface area contributed by atoms with Crippen LogP contribution in [0, 0.1) is 18.6 Å². The molecule has 0 saturated heterocycles. The summed E-state index contributed by atoms with van der Waals surface area (Å²) in [4.78, 5) is 42.6. The Bertz CT molecular complexity index is 1690. The predicted molar refractivity (Wildman–Crippen MR) is 137 cm³/mol. The van der Waals surface area contributed by atoms with Gasteiger partial charge >= 0.3 is 12.1 Å². The maximum atomic E-state index is 14.8. The van der Waals surface area contributed by atoms with Gasteiger partial charge in [-0.25, -0.2) is 13.6 Å². The Morgan fingerprint density at radius 2 is 1.97 bits per heavy atom. The van der Waals surface area contributed by atoms with Crippen LogP contribution < -0.4 is 21.5 Å². The summed E-state index contributed by atoms with van der Waals surface area (Å²) in [6.07, 6.45) is 0.137. The summed E-state index contributed by atoms with van der Waals surface area (Å²) < 4.78 is 36.6. The summed E-state index contributed by atoms with van der Waals surface area (Å²) in [6, 6.07) is 4.37. The van der Waals surface area contributed by atoms with Gasteiger partial charge in [0, 0.05) is 42.6 Å². The first-order valence-electron chi connectivity index (χ1n) is 12.0. The molecule has 0 bridgehead atoms. The minimum absolute atomic E-state index is 0.0127. The van der Waals surface area contributed by atoms with E-state index in [1.54, 1.807) is 30.5 Å². The predicted octanol–water partition coefficient (Wildman–Crippen LogP) is 4.32. The van der Waals surface area contributed by atoms with Crippen LogP contribution in [0.5, 0.6) is 0 Å². The Morgan fingerprint density at radius 1 is 1.26 bits per heavy atom. The monoisotopic (exact) mass is 525 g/mol. The molecule has 1 aliphatic rings. The molecule has 5 rings (SSSR count). The number of aromatic nitrogens is 2. The second-order valence-corrected chi connectivity index (χ2v) is 9.58. The molecule has 2 aromatic carbocycles. The molecule has 2 aromatic heterocycles. The van der Waals surface area contributed by atoms with Gasteiger partial charge in [-0.15, -0.1) is 0 Å². The number of nitrogen functional groups attached to an aromatic ring is 1. The maximum Gasteiger partial charge on any atom is 0.404 e. The number of rotatable bonds is 6. The summed E-state index contributed by atoms with van der Waals surface area (Å²) in [7, 11) is 1.42. The number of fused-ring (bicyclic) bond motifs is 3. The number of carbonyl (C=O) groups excluding carboxylic acids is 1. The van der Waals surface area contributed by atoms with E-state index < -0.39 is 35.2 Å². The molecule has 1 fully saturated rings. The van der Waals surface area contributed by atoms with Crippen molar-refractivity contribution in [3.05, 3.63) is 51.8 Å². The number of nitrogens with zero attached hydrogens (tertiary/aromatic N) is 3. The van der Waals surface area contributed by atoms with Crippen molar-refractivity contribution in [2.75, 3.05) is 17.7 Å². The smallest absolute Gasteiger partial charge is 0.404 e. The first-order valence-corrected chi connectivity index (χ1v) is 12.0. The zero-order chi connectivity index (χ0) is 27.5. The number of carbonyl (C=O) groups is 2. The lowest BCUT2D eigenvalue weighted by atomic mass is 9.96. The third-order valence-electron chi connectivity index (χ3n) is 6.75. The topological polar surface area (TPSA) is 144 Å². The van der Waals surface area contributed by atoms with Crippen molar-refractivity contribution in [2.45, 2.75) is 45.2 Å². The highest BCUT2D eigenvalue weighted by atomic mass is 19.1. The summed E-state index contributed by atoms with van der Waals surface area (Å²) >= 11 is 0. The van der Waals surface area contributed by atoms with Gasteiger partial charge < -0.3 is 25.1 Å². The first-order chi connectivity index (χ1) is 18.0. The van der Waals surface area contributed by atoms with E-state index in [1.807, 2.05) is 0 Å². The van der Waals surface area contributed by atoms with Gasteiger partial charge in [-0.1, -0.05) is 6.07 Å². The van der Waals surface area contributed by atoms with Crippen molar-refractivity contribution in [3.8, 4) is 11.1 Å². The van der Waals surface area contributed by atoms with Gasteiger partial charge in [0.15, 0.2) is 11.1 Å². The third kappa shape index (κ3) is 4.21. The van der Waals surface area contributed by atoms with Gasteiger partial charge in [0.25, 0.3) is 5.56 Å². The molecule has 4 N–H and O–H groups in total. The van der Waals surface area contributed by atoms with Crippen molar-refractivity contribution in [1.82, 2.24) is 14.9 Å². The lowest BCUT2D eigenvalue weighted by Gasteiger charge is -2.16. The number of amides is 2. The van der Waals surface area contributed by atoms with Crippen LogP contribution in [0.1, 0.15) is 37.8 Å². The minimum Gasteiger partial charge on any atom is -0.465 e. The number of pyridine rings is 1. The van der Waals surface area contributed by atoms with Gasteiger partial charge in [0.1, 0.15) is 11.6 Å². The molecule has 0 spiro atoms. The van der Waals surface area contributed by atoms with Crippen LogP contribution in [-0.2, 0) is 4.79 Å². The van der Waals surface area contributed by atoms with E-state index in [4.69, 9.17) is 15.3 Å². The molecule has 198 valence electrons. The van der Waals surface area contributed by atoms with E-state index in [2.05, 4.69) is 10.3 Å². The second-order valence-electron chi connectivity index (χ2n) is 9.58. The molecule has 12 heteroatoms. The molecule has 1 saturated carbocycles. The molecule has 4 aromatic rings. The van der Waals surface area contributed by atoms with Crippen molar-refractivity contribution in [1.29, 1.82) is 0 Å². The van der Waals surface area contributed by atoms with Gasteiger partial charge in [0.2, 0.25) is 5.91 Å². The summed E-state index contributed by atoms with van der Waals surface area (Å²) in [6.45, 7) is 3.27. The van der Waals surface area contributed by atoms with E-state index >= 15 is 0 Å². The van der Waals surface area contributed by atoms with Crippen LogP contribution in [0.2, 0.25) is 0 Å². The molecule has 38 heavy (non-hydrogen) atoms. The number of oxazole rings is 1. The molecule has 0 unspecified atom stereocenters. The molecule has 10 nitrogen and oxygen atoms in total. The van der Waals surface area contributed by atoms with Gasteiger partial charge in [-0.05, 0) is 49.9 Å². The number of aryl methyl sites for hydroxylation is 1. The van der Waals surface area contributed by atoms with E-state index in [-0.39, 0.29) is 40.8 Å². The quantitative estimate of drug-likeness (QED) is 0.318. The van der Waals surface area contributed by atoms with Gasteiger partial charge in [-0.3, -0.25) is 14.5 Å². The third-order valence-corrected chi connectivity index (χ3v) is 6.75. The fraction of sp³-hybridized carbons (Fsp3) is 0.308. The Kier molecular flexibility index (Phi) is 6.04. The lowest BCUT2D eigenvalue weighted by molar-refractivity contribution is -0.118. The van der Waals surface area contributed by atoms with Gasteiger partial charge in [0.05, 0.1) is 11.2 Å². The Hall–Kier alpha value is -4.48. The number of benzene rings is 2. The van der Waals surface area contributed by atoms with E-state index in [0.717, 1.165) is 29.9 Å². The van der Waals surface area contributed by atoms with Crippen LogP contribution in [-0.4, -0.2) is 39.7 Å². The zero-order valence-electron chi connectivity index (χ0n) is 20.8. The van der Waals surface area contributed by atoms with Crippen LogP contribution in [0.25, 0.3) is 33.1 Å². The van der Waals surface area contributed by atoms with Crippen molar-refractivity contribution in [3.63, 3.8) is 0 Å². The maximum absolute atomic E-state index is 14.8. The number of anilines is 2. The molecule has 0 aliphatic heterocycles. The van der Waals surface area contributed by atoms with Crippen molar-refractivity contribution < 1.29 is 27.9 Å². The average Bonchev–Trinajstić information content (AvgIpc) is 3.57. The van der Waals surface area contributed by atoms with Crippen molar-refractivity contribution in [2.24, 2.45) is 0 Å². The Balaban J connectivity index is 1.67. The number of nitrogens with one attached hydrogen (secondary N) is 1. The minimum atomic E-state index is -1.25. The summed E-state index contributed by atoms with van der Waals surface area (Å²) in [5, 5.41) is 11.6. The molecule has 1 aliphatic carbocycles. The fourth-order valence-corrected chi connectivity index (χ4v) is 4.70. The molecular weight excluding hydrogens is 500 g/mol. The molecular formula is C26H25F2N5O5. The highest BCUT2D eigenvalue weighted by Gasteiger charge is 2.31. The normalized spacial score (nSPS) is 14.1. The highest BCUT2D eigenvalue weighted by Crippen LogP contribution is 2.41. The Labute approximate surface area is 214 Å². The Morgan fingerprint density at radius 3 is 2.63 bits per heavy atom. The first kappa shape index (κ1) is 25.2. The van der Waals surface area contributed by atoms with E-state index in [9.17, 15) is 23.2 Å². The lowest BCUT2D eigenvalue weighted by Crippen LogP contribution is -2.37. The SMILES string of the molecule is Cc1c(-c2cc(F)c(N)cc2F)ccc2c3oc(N(C)C(=O)C[C@@H](C)NC(=O)O)nc3c(=O)n(C3CC3)c12. The number of hydrogen-bond acceptors (Lipinski definition) is 6. The standard InChI is InChI=1S/C26H25F2N5O5/c1-11(30-26(36)37)8-20(34)32(3)25-31-21-23(38-25)15-7-6-14(16-9-18(28)19(29)10-17(16)27)12(2)22(15)33(24(21)35)13-4-5-13/h6-7,9-11,13,30H,4-5,8,29H2,1-3H3,(H,36,37)/t11-/m1/s1. The fourth-order valence-electron chi connectivity index (χ4n) is 4.70. The second kappa shape index (κ2) is 9.12. The van der Waals surface area contributed by atoms with E-state index in [0.29, 0.717) is 22.0 Å². The largest absolute Gasteiger partial charge is 0.465 e. The molecule has 2 heterocycles. The van der Waals surface area contributed by atoms with Crippen LogP contribution >= 0.6 is 0 Å². The zero-order valence-corrected chi connectivity index (χ0v) is 20.8. The average molecular weight is 526 g/mol. The van der Waals surface area contributed by atoms with E-state index in [1.165, 1.54) is 7.05 Å². The number of carboxylic acid groups (broad SMARTS) is 1. The van der Waals surface area contributed by atoms with Crippen LogP contribution in [0.15, 0.2) is 33.5 Å². The molecule has 2 amide bonds. The highest BCUT2D eigenvalue weighted by molar-refractivity contribution is 6.05. The summed E-state index contributed by atoms with van der Waals surface area (Å²) in [5.74, 6) is -1.92. The van der Waals surface area contributed by atoms with Gasteiger partial charge in [-0.2, -0.15) is 4.98 Å². The molecule has 1 atom stereocenters. The molecule has 0 radical (unpaired) electrons. The van der Waals surface area contributed by atoms with Crippen molar-refractivity contribution >= 4 is 45.7 Å². The van der Waals surface area contributed by atoms with Crippen LogP contribution in [0.3, 0.4) is 0 Å². The van der Waals surface area contributed by atoms with Crippen LogP contribution in [0.4, 0.5) is 25.3 Å². The summed E-state index contributed by atoms with van der Waals surface area (Å²) in [5.41, 5.74) is 6.45. The number of hydrogen-bond donors (Lipinski definition) is 3.